The van der Waals surface area contributed by atoms with Crippen LogP contribution >= 0.6 is 11.8 Å². The van der Waals surface area contributed by atoms with Crippen LogP contribution in [0.25, 0.3) is 45.0 Å². The molecule has 2 aromatic carbocycles. The van der Waals surface area contributed by atoms with E-state index >= 15 is 0 Å². The third-order valence-electron chi connectivity index (χ3n) is 10.3. The summed E-state index contributed by atoms with van der Waals surface area (Å²) in [6.07, 6.45) is 4.77. The summed E-state index contributed by atoms with van der Waals surface area (Å²) < 4.78 is 68.7. The van der Waals surface area contributed by atoms with Gasteiger partial charge in [0.15, 0.2) is 5.16 Å². The van der Waals surface area contributed by atoms with Crippen molar-refractivity contribution in [3.63, 3.8) is 0 Å². The zero-order valence-corrected chi connectivity index (χ0v) is 38.0. The van der Waals surface area contributed by atoms with E-state index in [9.17, 15) is 36.4 Å². The lowest BCUT2D eigenvalue weighted by molar-refractivity contribution is -0.159. The molecule has 2 aliphatic heterocycles. The number of esters is 2. The van der Waals surface area contributed by atoms with Crippen LogP contribution < -0.4 is 11.1 Å². The van der Waals surface area contributed by atoms with Crippen molar-refractivity contribution in [2.45, 2.75) is 113 Å². The highest BCUT2D eigenvalue weighted by molar-refractivity contribution is 7.98. The quantitative estimate of drug-likeness (QED) is 0.0816. The van der Waals surface area contributed by atoms with Crippen molar-refractivity contribution < 1.29 is 36.3 Å². The molecule has 6 heterocycles. The van der Waals surface area contributed by atoms with Crippen molar-refractivity contribution in [1.29, 1.82) is 0 Å². The van der Waals surface area contributed by atoms with Crippen molar-refractivity contribution in [2.75, 3.05) is 12.5 Å². The van der Waals surface area contributed by atoms with Gasteiger partial charge >= 0.3 is 11.9 Å². The van der Waals surface area contributed by atoms with E-state index in [1.165, 1.54) is 65.1 Å². The molecular weight excluding hydrogens is 907 g/mol. The molecular formula is C47H58F2N8O8S2. The number of hydrogen-bond donors (Lipinski definition) is 0. The van der Waals surface area contributed by atoms with Gasteiger partial charge < -0.3 is 9.47 Å². The van der Waals surface area contributed by atoms with Crippen LogP contribution in [0.1, 0.15) is 63.8 Å². The number of hydrogen-bond acceptors (Lipinski definition) is 13. The molecule has 8 rings (SSSR count). The second-order valence-corrected chi connectivity index (χ2v) is 20.1. The highest BCUT2D eigenvalue weighted by Crippen LogP contribution is 2.35. The number of sulfone groups is 1. The highest BCUT2D eigenvalue weighted by atomic mass is 32.2. The van der Waals surface area contributed by atoms with Gasteiger partial charge in [-0.2, -0.15) is 0 Å². The number of halogens is 2. The first-order valence-electron chi connectivity index (χ1n) is 20.1. The molecule has 0 saturated carbocycles. The van der Waals surface area contributed by atoms with Crippen molar-refractivity contribution in [3.8, 4) is 45.0 Å². The van der Waals surface area contributed by atoms with Gasteiger partial charge in [-0.15, -0.1) is 0 Å². The fourth-order valence-corrected chi connectivity index (χ4v) is 7.98. The maximum atomic E-state index is 13.5. The number of aromatic nitrogens is 8. The Hall–Kier alpha value is -6.28. The highest BCUT2D eigenvalue weighted by Gasteiger charge is 2.37. The topological polar surface area (TPSA) is 192 Å². The molecule has 0 aliphatic carbocycles. The van der Waals surface area contributed by atoms with Crippen LogP contribution in [0.15, 0.2) is 93.0 Å². The van der Waals surface area contributed by atoms with Crippen LogP contribution in [-0.4, -0.2) is 83.7 Å². The zero-order valence-electron chi connectivity index (χ0n) is 36.3. The molecule has 0 N–H and O–H groups in total. The molecule has 6 aromatic rings. The van der Waals surface area contributed by atoms with Crippen LogP contribution in [0.4, 0.5) is 8.78 Å². The number of benzene rings is 2. The maximum Gasteiger partial charge on any atom is 0.311 e. The van der Waals surface area contributed by atoms with E-state index in [-0.39, 0.29) is 81.2 Å². The Balaban J connectivity index is 0.000000280. The first kappa shape index (κ1) is 53.3. The van der Waals surface area contributed by atoms with Gasteiger partial charge in [0.25, 0.3) is 11.1 Å². The molecule has 4 aromatic heterocycles. The van der Waals surface area contributed by atoms with Crippen LogP contribution in [-0.2, 0) is 55.1 Å². The van der Waals surface area contributed by atoms with E-state index in [1.807, 2.05) is 6.26 Å². The third-order valence-corrected chi connectivity index (χ3v) is 11.7. The van der Waals surface area contributed by atoms with Gasteiger partial charge in [-0.1, -0.05) is 58.3 Å². The number of nitrogens with zero attached hydrogens (tertiary/aromatic N) is 8. The Bertz CT molecular complexity index is 3000. The normalized spacial score (nSPS) is 15.1. The molecule has 16 nitrogen and oxygen atoms in total. The molecule has 0 spiro atoms. The predicted molar refractivity (Wildman–Crippen MR) is 254 cm³/mol. The summed E-state index contributed by atoms with van der Waals surface area (Å²) in [4.78, 5) is 68.3. The first-order chi connectivity index (χ1) is 30.0. The largest absolute Gasteiger partial charge is 0.458 e. The number of thioether (sulfide) groups is 1. The van der Waals surface area contributed by atoms with Crippen molar-refractivity contribution in [3.05, 3.63) is 105 Å². The number of fused-ring (bicyclic) bond motifs is 2. The van der Waals surface area contributed by atoms with Crippen LogP contribution in [0.3, 0.4) is 0 Å². The summed E-state index contributed by atoms with van der Waals surface area (Å²) in [6, 6.07) is 14.5. The van der Waals surface area contributed by atoms with Crippen molar-refractivity contribution in [2.24, 2.45) is 10.8 Å². The molecule has 2 aliphatic rings. The Labute approximate surface area is 393 Å². The molecule has 0 amide bonds. The number of carbonyl (C=O) groups is 2. The Morgan fingerprint density at radius 3 is 1.37 bits per heavy atom. The van der Waals surface area contributed by atoms with Gasteiger partial charge in [-0.3, -0.25) is 28.5 Å². The zero-order chi connectivity index (χ0) is 46.5. The van der Waals surface area contributed by atoms with Crippen LogP contribution in [0.2, 0.25) is 0 Å². The average Bonchev–Trinajstić information content (AvgIpc) is 3.97. The Morgan fingerprint density at radius 2 is 1.00 bits per heavy atom. The first-order valence-corrected chi connectivity index (χ1v) is 23.2. The molecule has 67 heavy (non-hydrogen) atoms. The lowest BCUT2D eigenvalue weighted by atomic mass is 9.97. The summed E-state index contributed by atoms with van der Waals surface area (Å²) >= 11 is 1.40. The van der Waals surface area contributed by atoms with Crippen LogP contribution in [0.5, 0.6) is 0 Å². The molecule has 2 unspecified atom stereocenters. The van der Waals surface area contributed by atoms with E-state index in [4.69, 9.17) is 9.47 Å². The molecule has 0 bridgehead atoms. The van der Waals surface area contributed by atoms with E-state index < -0.39 is 44.7 Å². The van der Waals surface area contributed by atoms with Gasteiger partial charge in [0.05, 0.1) is 70.9 Å². The van der Waals surface area contributed by atoms with E-state index in [2.05, 4.69) is 19.9 Å². The van der Waals surface area contributed by atoms with Crippen LogP contribution in [0, 0.1) is 22.5 Å². The number of ether oxygens (including phenoxy) is 2. The predicted octanol–water partition coefficient (Wildman–Crippen LogP) is 7.80. The number of carbonyl (C=O) groups excluding carboxylic acids is 2. The summed E-state index contributed by atoms with van der Waals surface area (Å²) in [7, 11) is -3.70. The third kappa shape index (κ3) is 11.1. The molecule has 360 valence electrons. The molecule has 20 heteroatoms. The monoisotopic (exact) mass is 964 g/mol. The van der Waals surface area contributed by atoms with E-state index in [1.54, 1.807) is 80.0 Å². The van der Waals surface area contributed by atoms with Gasteiger partial charge in [-0.25, -0.2) is 46.5 Å². The van der Waals surface area contributed by atoms with Gasteiger partial charge in [0, 0.05) is 18.6 Å². The van der Waals surface area contributed by atoms with Crippen molar-refractivity contribution >= 4 is 33.5 Å². The molecule has 0 radical (unpaired) electrons. The minimum Gasteiger partial charge on any atom is -0.458 e. The minimum absolute atomic E-state index is 0. The second kappa shape index (κ2) is 20.3. The minimum atomic E-state index is -3.70. The summed E-state index contributed by atoms with van der Waals surface area (Å²) in [5.74, 6) is -1.54. The van der Waals surface area contributed by atoms with E-state index in [0.717, 1.165) is 6.26 Å². The molecule has 2 atom stereocenters. The van der Waals surface area contributed by atoms with Gasteiger partial charge in [0.2, 0.25) is 15.0 Å². The Kier molecular flexibility index (Phi) is 16.2. The standard InChI is InChI=1S/C22H23FN4O5S.C22H23FN4O3S.3CH4/c1-22(2,3)20(29)32-15-11-26-18(16-9-10-24-21(25-16)33(4,30)31)17(19(28)27(26)12-15)13-5-7-14(23)8-6-13;1-22(2,3)20(29)30-15-11-26-18(16-9-10-24-21(25-16)31-4)17(19(28)27(26)12-15)13-5-7-14(23)8-6-13;;;/h5-10,15H,11-12H2,1-4H3;5-10,15H,11-12H2,1-4H3;3*1H4. The summed E-state index contributed by atoms with van der Waals surface area (Å²) in [5.41, 5.74) is 1.51. The molecule has 0 fully saturated rings. The van der Waals surface area contributed by atoms with Crippen molar-refractivity contribution in [1.82, 2.24) is 38.7 Å². The smallest absolute Gasteiger partial charge is 0.311 e. The SMILES string of the molecule is C.C.C.CC(C)(C)C(=O)OC1Cn2c(-c3ccnc(S(C)(=O)=O)n3)c(-c3ccc(F)cc3)c(=O)n2C1.CSc1nccc(-c2c(-c3ccc(F)cc3)c(=O)n3n2CC(OC(=O)C(C)(C)C)C3)n1. The van der Waals surface area contributed by atoms with Gasteiger partial charge in [0.1, 0.15) is 23.8 Å². The Morgan fingerprint density at radius 1 is 0.627 bits per heavy atom. The lowest BCUT2D eigenvalue weighted by Gasteiger charge is -2.20. The fraction of sp³-hybridized carbons (Fsp3) is 0.404. The fourth-order valence-electron chi connectivity index (χ4n) is 7.11. The average molecular weight is 965 g/mol. The maximum absolute atomic E-state index is 13.5. The lowest BCUT2D eigenvalue weighted by Crippen LogP contribution is -2.30. The molecule has 0 saturated heterocycles. The summed E-state index contributed by atoms with van der Waals surface area (Å²) in [5, 5.41) is 0.191. The van der Waals surface area contributed by atoms with Gasteiger partial charge in [-0.05, 0) is 95.3 Å². The summed E-state index contributed by atoms with van der Waals surface area (Å²) in [6.45, 7) is 11.5. The van der Waals surface area contributed by atoms with E-state index in [0.29, 0.717) is 45.5 Å². The second-order valence-electron chi connectivity index (χ2n) is 17.4. The number of rotatable bonds is 8.